The van der Waals surface area contributed by atoms with Gasteiger partial charge in [0.2, 0.25) is 11.9 Å². The molecule has 2 aromatic heterocycles. The van der Waals surface area contributed by atoms with Crippen LogP contribution in [0, 0.1) is 12.8 Å². The quantitative estimate of drug-likeness (QED) is 0.605. The lowest BCUT2D eigenvalue weighted by Gasteiger charge is -2.35. The molecule has 3 heterocycles. The van der Waals surface area contributed by atoms with Gasteiger partial charge in [-0.25, -0.2) is 4.98 Å². The molecular formula is C26H32N4O2S. The lowest BCUT2D eigenvalue weighted by atomic mass is 9.93. The van der Waals surface area contributed by atoms with E-state index in [9.17, 15) is 9.59 Å². The van der Waals surface area contributed by atoms with Crippen LogP contribution in [0.15, 0.2) is 40.5 Å². The molecule has 2 fully saturated rings. The van der Waals surface area contributed by atoms with Gasteiger partial charge in [-0.05, 0) is 49.6 Å². The number of hydrogen-bond donors (Lipinski definition) is 1. The van der Waals surface area contributed by atoms with E-state index < -0.39 is 0 Å². The van der Waals surface area contributed by atoms with Crippen LogP contribution in [-0.2, 0) is 11.3 Å². The summed E-state index contributed by atoms with van der Waals surface area (Å²) >= 11 is 1.44. The van der Waals surface area contributed by atoms with E-state index in [0.29, 0.717) is 29.8 Å². The maximum atomic E-state index is 13.4. The summed E-state index contributed by atoms with van der Waals surface area (Å²) in [7, 11) is 0. The highest BCUT2D eigenvalue weighted by molar-refractivity contribution is 7.17. The molecule has 2 aliphatic rings. The molecule has 0 radical (unpaired) electrons. The Labute approximate surface area is 198 Å². The number of carbonyl (C=O) groups is 1. The zero-order chi connectivity index (χ0) is 22.8. The molecule has 1 amide bonds. The van der Waals surface area contributed by atoms with Crippen LogP contribution >= 0.6 is 11.3 Å². The molecule has 33 heavy (non-hydrogen) atoms. The highest BCUT2D eigenvalue weighted by Crippen LogP contribution is 2.26. The molecule has 174 valence electrons. The van der Waals surface area contributed by atoms with Crippen LogP contribution in [0.5, 0.6) is 0 Å². The fourth-order valence-electron chi connectivity index (χ4n) is 5.13. The number of nitrogens with zero attached hydrogens (tertiary/aromatic N) is 3. The van der Waals surface area contributed by atoms with Crippen LogP contribution in [0.25, 0.3) is 10.2 Å². The highest BCUT2D eigenvalue weighted by atomic mass is 32.1. The number of hydrogen-bond acceptors (Lipinski definition) is 5. The Balaban J connectivity index is 1.42. The van der Waals surface area contributed by atoms with E-state index in [1.54, 1.807) is 4.57 Å². The summed E-state index contributed by atoms with van der Waals surface area (Å²) in [4.78, 5) is 33.6. The number of carbonyl (C=O) groups excluding carboxylic acids is 1. The van der Waals surface area contributed by atoms with E-state index in [-0.39, 0.29) is 17.4 Å². The zero-order valence-electron chi connectivity index (χ0n) is 19.3. The van der Waals surface area contributed by atoms with Crippen molar-refractivity contribution in [3.05, 3.63) is 57.2 Å². The minimum absolute atomic E-state index is 0.000597. The topological polar surface area (TPSA) is 67.2 Å². The normalized spacial score (nSPS) is 19.7. The molecule has 1 aliphatic heterocycles. The predicted octanol–water partition coefficient (Wildman–Crippen LogP) is 4.48. The second-order valence-corrected chi connectivity index (χ2v) is 10.5. The zero-order valence-corrected chi connectivity index (χ0v) is 20.1. The molecule has 1 aromatic carbocycles. The van der Waals surface area contributed by atoms with Crippen molar-refractivity contribution in [2.75, 3.05) is 18.0 Å². The molecule has 1 aliphatic carbocycles. The summed E-state index contributed by atoms with van der Waals surface area (Å²) in [5.74, 6) is 0.779. The first-order valence-corrected chi connectivity index (χ1v) is 13.1. The number of rotatable bonds is 5. The molecule has 1 atom stereocenters. The van der Waals surface area contributed by atoms with E-state index in [4.69, 9.17) is 4.98 Å². The van der Waals surface area contributed by atoms with E-state index in [1.807, 2.05) is 11.4 Å². The van der Waals surface area contributed by atoms with Gasteiger partial charge < -0.3 is 10.2 Å². The van der Waals surface area contributed by atoms with E-state index in [0.717, 1.165) is 43.3 Å². The van der Waals surface area contributed by atoms with Crippen molar-refractivity contribution >= 4 is 33.4 Å². The Bertz CT molecular complexity index is 1180. The number of thiophene rings is 1. The number of anilines is 1. The Kier molecular flexibility index (Phi) is 6.49. The Morgan fingerprint density at radius 3 is 2.67 bits per heavy atom. The Morgan fingerprint density at radius 1 is 1.09 bits per heavy atom. The Hall–Kier alpha value is -2.67. The van der Waals surface area contributed by atoms with Gasteiger partial charge in [-0.3, -0.25) is 14.2 Å². The summed E-state index contributed by atoms with van der Waals surface area (Å²) in [6.45, 7) is 3.95. The maximum Gasteiger partial charge on any atom is 0.273 e. The number of amides is 1. The van der Waals surface area contributed by atoms with Crippen LogP contribution in [0.4, 0.5) is 5.95 Å². The molecule has 0 unspecified atom stereocenters. The third-order valence-electron chi connectivity index (χ3n) is 7.03. The van der Waals surface area contributed by atoms with Crippen LogP contribution in [0.3, 0.4) is 0 Å². The SMILES string of the molecule is Cc1ccc(Cn2c(N3CCC[C@@H](C(=O)NC4CCCCC4)C3)nc3ccsc3c2=O)cc1. The van der Waals surface area contributed by atoms with Crippen LogP contribution in [-0.4, -0.2) is 34.6 Å². The van der Waals surface area contributed by atoms with Crippen LogP contribution in [0.2, 0.25) is 0 Å². The summed E-state index contributed by atoms with van der Waals surface area (Å²) in [6.07, 6.45) is 7.68. The molecule has 1 saturated carbocycles. The standard InChI is InChI=1S/C26H32N4O2S/c1-18-9-11-19(12-10-18)16-30-25(32)23-22(13-15-33-23)28-26(30)29-14-5-6-20(17-29)24(31)27-21-7-3-2-4-8-21/h9-13,15,20-21H,2-8,14,16-17H2,1H3,(H,27,31)/t20-/m1/s1. The van der Waals surface area contributed by atoms with Crippen LogP contribution < -0.4 is 15.8 Å². The maximum absolute atomic E-state index is 13.4. The van der Waals surface area contributed by atoms with Gasteiger partial charge in [-0.1, -0.05) is 49.1 Å². The van der Waals surface area contributed by atoms with E-state index in [2.05, 4.69) is 41.4 Å². The molecular weight excluding hydrogens is 432 g/mol. The van der Waals surface area contributed by atoms with Crippen molar-refractivity contribution in [2.24, 2.45) is 5.92 Å². The van der Waals surface area contributed by atoms with Gasteiger partial charge in [-0.2, -0.15) is 0 Å². The van der Waals surface area contributed by atoms with Gasteiger partial charge >= 0.3 is 0 Å². The smallest absolute Gasteiger partial charge is 0.273 e. The third kappa shape index (κ3) is 4.83. The summed E-state index contributed by atoms with van der Waals surface area (Å²) < 4.78 is 2.49. The van der Waals surface area contributed by atoms with Crippen LogP contribution in [0.1, 0.15) is 56.1 Å². The third-order valence-corrected chi connectivity index (χ3v) is 7.93. The van der Waals surface area contributed by atoms with E-state index >= 15 is 0 Å². The van der Waals surface area contributed by atoms with Crippen molar-refractivity contribution in [3.63, 3.8) is 0 Å². The Morgan fingerprint density at radius 2 is 1.88 bits per heavy atom. The van der Waals surface area contributed by atoms with Crippen molar-refractivity contribution in [2.45, 2.75) is 64.5 Å². The minimum atomic E-state index is -0.0661. The first-order chi connectivity index (χ1) is 16.1. The largest absolute Gasteiger partial charge is 0.353 e. The lowest BCUT2D eigenvalue weighted by Crippen LogP contribution is -2.47. The number of fused-ring (bicyclic) bond motifs is 1. The van der Waals surface area contributed by atoms with Crippen molar-refractivity contribution in [3.8, 4) is 0 Å². The van der Waals surface area contributed by atoms with Crippen molar-refractivity contribution in [1.29, 1.82) is 0 Å². The fourth-order valence-corrected chi connectivity index (χ4v) is 5.91. The lowest BCUT2D eigenvalue weighted by molar-refractivity contribution is -0.126. The van der Waals surface area contributed by atoms with Crippen molar-refractivity contribution in [1.82, 2.24) is 14.9 Å². The average Bonchev–Trinajstić information content (AvgIpc) is 3.32. The van der Waals surface area contributed by atoms with Crippen molar-refractivity contribution < 1.29 is 4.79 Å². The monoisotopic (exact) mass is 464 g/mol. The summed E-state index contributed by atoms with van der Waals surface area (Å²) in [6, 6.07) is 10.5. The van der Waals surface area contributed by atoms with Gasteiger partial charge in [0.1, 0.15) is 4.70 Å². The van der Waals surface area contributed by atoms with Gasteiger partial charge in [0.15, 0.2) is 0 Å². The van der Waals surface area contributed by atoms with Gasteiger partial charge in [0, 0.05) is 19.1 Å². The molecule has 6 nitrogen and oxygen atoms in total. The number of nitrogens with one attached hydrogen (secondary N) is 1. The first kappa shape index (κ1) is 22.1. The highest BCUT2D eigenvalue weighted by Gasteiger charge is 2.30. The summed E-state index contributed by atoms with van der Waals surface area (Å²) in [5.41, 5.74) is 3.01. The second kappa shape index (κ2) is 9.67. The number of piperidine rings is 1. The fraction of sp³-hybridized carbons (Fsp3) is 0.500. The van der Waals surface area contributed by atoms with Gasteiger partial charge in [0.25, 0.3) is 5.56 Å². The molecule has 0 spiro atoms. The average molecular weight is 465 g/mol. The van der Waals surface area contributed by atoms with Gasteiger partial charge in [0.05, 0.1) is 18.0 Å². The second-order valence-electron chi connectivity index (χ2n) is 9.55. The first-order valence-electron chi connectivity index (χ1n) is 12.2. The molecule has 1 saturated heterocycles. The number of benzene rings is 1. The molecule has 0 bridgehead atoms. The van der Waals surface area contributed by atoms with E-state index in [1.165, 1.54) is 36.2 Å². The minimum Gasteiger partial charge on any atom is -0.353 e. The predicted molar refractivity (Wildman–Crippen MR) is 134 cm³/mol. The molecule has 3 aromatic rings. The summed E-state index contributed by atoms with van der Waals surface area (Å²) in [5, 5.41) is 5.23. The number of aryl methyl sites for hydroxylation is 1. The molecule has 7 heteroatoms. The molecule has 1 N–H and O–H groups in total. The number of aromatic nitrogens is 2. The van der Waals surface area contributed by atoms with Gasteiger partial charge in [-0.15, -0.1) is 11.3 Å². The molecule has 5 rings (SSSR count).